The fourth-order valence-electron chi connectivity index (χ4n) is 1.97. The summed E-state index contributed by atoms with van der Waals surface area (Å²) in [5.74, 6) is 0.538. The Morgan fingerprint density at radius 2 is 2.12 bits per heavy atom. The third-order valence-electron chi connectivity index (χ3n) is 3.09. The molecular formula is C13H18FNO. The summed E-state index contributed by atoms with van der Waals surface area (Å²) in [6, 6.07) is 5.16. The Morgan fingerprint density at radius 1 is 1.38 bits per heavy atom. The predicted molar refractivity (Wildman–Crippen MR) is 63.2 cm³/mol. The van der Waals surface area contributed by atoms with Crippen molar-refractivity contribution in [2.75, 3.05) is 25.1 Å². The maximum Gasteiger partial charge on any atom is 0.126 e. The highest BCUT2D eigenvalue weighted by Crippen LogP contribution is 2.18. The molecule has 2 nitrogen and oxygen atoms in total. The summed E-state index contributed by atoms with van der Waals surface area (Å²) >= 11 is 0. The summed E-state index contributed by atoms with van der Waals surface area (Å²) in [6.45, 7) is 4.48. The number of anilines is 1. The van der Waals surface area contributed by atoms with Crippen LogP contribution in [0.4, 0.5) is 10.1 Å². The molecule has 88 valence electrons. The molecule has 0 atom stereocenters. The second-order valence-corrected chi connectivity index (χ2v) is 4.40. The van der Waals surface area contributed by atoms with Crippen molar-refractivity contribution < 1.29 is 9.13 Å². The zero-order valence-electron chi connectivity index (χ0n) is 9.63. The van der Waals surface area contributed by atoms with Crippen LogP contribution in [0.2, 0.25) is 0 Å². The van der Waals surface area contributed by atoms with Crippen molar-refractivity contribution >= 4 is 5.69 Å². The van der Waals surface area contributed by atoms with Crippen LogP contribution in [0.25, 0.3) is 0 Å². The van der Waals surface area contributed by atoms with Crippen molar-refractivity contribution in [2.45, 2.75) is 19.8 Å². The zero-order chi connectivity index (χ0) is 11.4. The molecule has 0 spiro atoms. The lowest BCUT2D eigenvalue weighted by Gasteiger charge is -2.22. The van der Waals surface area contributed by atoms with Crippen molar-refractivity contribution in [3.05, 3.63) is 29.6 Å². The Labute approximate surface area is 95.8 Å². The number of aryl methyl sites for hydroxylation is 1. The van der Waals surface area contributed by atoms with Gasteiger partial charge in [-0.15, -0.1) is 0 Å². The number of hydrogen-bond donors (Lipinski definition) is 1. The number of benzene rings is 1. The van der Waals surface area contributed by atoms with Crippen molar-refractivity contribution in [3.8, 4) is 0 Å². The molecule has 1 aromatic rings. The number of ether oxygens (including phenoxy) is 1. The fourth-order valence-corrected chi connectivity index (χ4v) is 1.97. The molecule has 0 aliphatic carbocycles. The molecule has 0 aromatic heterocycles. The highest BCUT2D eigenvalue weighted by atomic mass is 19.1. The number of nitrogens with one attached hydrogen (secondary N) is 1. The van der Waals surface area contributed by atoms with E-state index in [1.54, 1.807) is 13.0 Å². The van der Waals surface area contributed by atoms with Gasteiger partial charge in [0.1, 0.15) is 5.82 Å². The number of rotatable bonds is 3. The van der Waals surface area contributed by atoms with Gasteiger partial charge in [0.2, 0.25) is 0 Å². The lowest BCUT2D eigenvalue weighted by atomic mass is 10.0. The van der Waals surface area contributed by atoms with Gasteiger partial charge in [0.15, 0.2) is 0 Å². The van der Waals surface area contributed by atoms with E-state index in [1.165, 1.54) is 6.07 Å². The van der Waals surface area contributed by atoms with E-state index in [0.29, 0.717) is 11.5 Å². The molecule has 0 radical (unpaired) electrons. The first-order valence-corrected chi connectivity index (χ1v) is 5.83. The quantitative estimate of drug-likeness (QED) is 0.850. The van der Waals surface area contributed by atoms with Gasteiger partial charge in [-0.3, -0.25) is 0 Å². The van der Waals surface area contributed by atoms with Crippen LogP contribution in [0.1, 0.15) is 18.4 Å². The summed E-state index contributed by atoms with van der Waals surface area (Å²) in [4.78, 5) is 0. The topological polar surface area (TPSA) is 21.3 Å². The van der Waals surface area contributed by atoms with Gasteiger partial charge in [-0.25, -0.2) is 4.39 Å². The van der Waals surface area contributed by atoms with Gasteiger partial charge in [-0.1, -0.05) is 0 Å². The molecule has 2 rings (SSSR count). The Hall–Kier alpha value is -1.09. The van der Waals surface area contributed by atoms with Crippen molar-refractivity contribution in [3.63, 3.8) is 0 Å². The molecule has 0 unspecified atom stereocenters. The molecular weight excluding hydrogens is 205 g/mol. The largest absolute Gasteiger partial charge is 0.385 e. The summed E-state index contributed by atoms with van der Waals surface area (Å²) in [6.07, 6.45) is 2.24. The standard InChI is InChI=1S/C13H18FNO/c1-10-8-12(2-3-13(10)14)15-9-11-4-6-16-7-5-11/h2-3,8,11,15H,4-7,9H2,1H3. The summed E-state index contributed by atoms with van der Waals surface area (Å²) in [5.41, 5.74) is 1.70. The van der Waals surface area contributed by atoms with Crippen LogP contribution in [0, 0.1) is 18.7 Å². The molecule has 16 heavy (non-hydrogen) atoms. The molecule has 0 amide bonds. The van der Waals surface area contributed by atoms with E-state index in [1.807, 2.05) is 6.07 Å². The minimum Gasteiger partial charge on any atom is -0.385 e. The summed E-state index contributed by atoms with van der Waals surface area (Å²) in [7, 11) is 0. The van der Waals surface area contributed by atoms with Gasteiger partial charge in [0.05, 0.1) is 0 Å². The van der Waals surface area contributed by atoms with Gasteiger partial charge in [0, 0.05) is 25.4 Å². The summed E-state index contributed by atoms with van der Waals surface area (Å²) in [5, 5.41) is 3.36. The molecule has 3 heteroatoms. The number of halogens is 1. The van der Waals surface area contributed by atoms with E-state index in [2.05, 4.69) is 5.32 Å². The molecule has 1 heterocycles. The van der Waals surface area contributed by atoms with Crippen LogP contribution < -0.4 is 5.32 Å². The fraction of sp³-hybridized carbons (Fsp3) is 0.538. The minimum atomic E-state index is -0.142. The zero-order valence-corrected chi connectivity index (χ0v) is 9.63. The van der Waals surface area contributed by atoms with Crippen LogP contribution in [-0.4, -0.2) is 19.8 Å². The third-order valence-corrected chi connectivity index (χ3v) is 3.09. The van der Waals surface area contributed by atoms with Crippen molar-refractivity contribution in [1.29, 1.82) is 0 Å². The van der Waals surface area contributed by atoms with Crippen LogP contribution in [0.3, 0.4) is 0 Å². The highest BCUT2D eigenvalue weighted by molar-refractivity contribution is 5.45. The van der Waals surface area contributed by atoms with E-state index in [9.17, 15) is 4.39 Å². The molecule has 1 fully saturated rings. The lowest BCUT2D eigenvalue weighted by molar-refractivity contribution is 0.0699. The van der Waals surface area contributed by atoms with Crippen LogP contribution in [0.5, 0.6) is 0 Å². The second-order valence-electron chi connectivity index (χ2n) is 4.40. The van der Waals surface area contributed by atoms with Gasteiger partial charge in [0.25, 0.3) is 0 Å². The number of hydrogen-bond acceptors (Lipinski definition) is 2. The van der Waals surface area contributed by atoms with E-state index in [0.717, 1.165) is 38.3 Å². The molecule has 1 N–H and O–H groups in total. The smallest absolute Gasteiger partial charge is 0.126 e. The van der Waals surface area contributed by atoms with E-state index in [4.69, 9.17) is 4.74 Å². The molecule has 1 aliphatic rings. The first-order chi connectivity index (χ1) is 7.75. The maximum absolute atomic E-state index is 13.0. The van der Waals surface area contributed by atoms with E-state index >= 15 is 0 Å². The first-order valence-electron chi connectivity index (χ1n) is 5.83. The average Bonchev–Trinajstić information content (AvgIpc) is 2.32. The van der Waals surface area contributed by atoms with Crippen LogP contribution >= 0.6 is 0 Å². The Kier molecular flexibility index (Phi) is 3.78. The average molecular weight is 223 g/mol. The maximum atomic E-state index is 13.0. The lowest BCUT2D eigenvalue weighted by Crippen LogP contribution is -2.22. The van der Waals surface area contributed by atoms with Gasteiger partial charge in [-0.05, 0) is 49.4 Å². The molecule has 0 bridgehead atoms. The molecule has 1 aromatic carbocycles. The third kappa shape index (κ3) is 2.95. The minimum absolute atomic E-state index is 0.142. The predicted octanol–water partition coefficient (Wildman–Crippen LogP) is 2.97. The van der Waals surface area contributed by atoms with Gasteiger partial charge in [-0.2, -0.15) is 0 Å². The summed E-state index contributed by atoms with van der Waals surface area (Å²) < 4.78 is 18.4. The molecule has 1 saturated heterocycles. The normalized spacial score (nSPS) is 17.4. The Bertz CT molecular complexity index is 348. The van der Waals surface area contributed by atoms with Crippen LogP contribution in [-0.2, 0) is 4.74 Å². The monoisotopic (exact) mass is 223 g/mol. The SMILES string of the molecule is Cc1cc(NCC2CCOCC2)ccc1F. The second kappa shape index (κ2) is 5.30. The Balaban J connectivity index is 1.86. The Morgan fingerprint density at radius 3 is 2.81 bits per heavy atom. The van der Waals surface area contributed by atoms with E-state index < -0.39 is 0 Å². The first kappa shape index (κ1) is 11.4. The molecule has 1 aliphatic heterocycles. The highest BCUT2D eigenvalue weighted by Gasteiger charge is 2.13. The van der Waals surface area contributed by atoms with Gasteiger partial charge < -0.3 is 10.1 Å². The van der Waals surface area contributed by atoms with Crippen molar-refractivity contribution in [2.24, 2.45) is 5.92 Å². The van der Waals surface area contributed by atoms with Gasteiger partial charge >= 0.3 is 0 Å². The van der Waals surface area contributed by atoms with Crippen molar-refractivity contribution in [1.82, 2.24) is 0 Å². The van der Waals surface area contributed by atoms with Crippen LogP contribution in [0.15, 0.2) is 18.2 Å². The van der Waals surface area contributed by atoms with E-state index in [-0.39, 0.29) is 5.82 Å². The molecule has 0 saturated carbocycles.